The lowest BCUT2D eigenvalue weighted by atomic mass is 10.0. The molecule has 0 atom stereocenters. The largest absolute Gasteiger partial charge is 0.382 e. The van der Waals surface area contributed by atoms with Crippen molar-refractivity contribution in [3.8, 4) is 0 Å². The number of carbonyl (C=O) groups excluding carboxylic acids is 1. The van der Waals surface area contributed by atoms with Crippen molar-refractivity contribution in [2.75, 3.05) is 5.73 Å². The number of Topliss-reactive ketones (excluding diaryl/α,β-unsaturated/α-hetero) is 1. The summed E-state index contributed by atoms with van der Waals surface area (Å²) >= 11 is 2.25. The molecule has 2 aromatic carbocycles. The normalized spacial score (nSPS) is 11.4. The summed E-state index contributed by atoms with van der Waals surface area (Å²) < 4.78 is 3.43. The van der Waals surface area contributed by atoms with Crippen LogP contribution < -0.4 is 5.73 Å². The molecular weight excluding hydrogens is 487 g/mol. The number of nitrogens with zero attached hydrogens (tertiary/aromatic N) is 3. The van der Waals surface area contributed by atoms with E-state index in [1.54, 1.807) is 0 Å². The number of carbonyl (C=O) groups is 1. The number of benzene rings is 2. The van der Waals surface area contributed by atoms with Gasteiger partial charge >= 0.3 is 0 Å². The van der Waals surface area contributed by atoms with E-state index in [0.717, 1.165) is 69.1 Å². The quantitative estimate of drug-likeness (QED) is 0.185. The maximum absolute atomic E-state index is 12.4. The summed E-state index contributed by atoms with van der Waals surface area (Å²) in [6.45, 7) is 2.98. The zero-order valence-electron chi connectivity index (χ0n) is 17.1. The highest BCUT2D eigenvalue weighted by Crippen LogP contribution is 2.29. The fourth-order valence-electron chi connectivity index (χ4n) is 3.93. The average Bonchev–Trinajstić information content (AvgIpc) is 3.13. The number of aromatic nitrogens is 3. The van der Waals surface area contributed by atoms with Crippen LogP contribution in [0.5, 0.6) is 0 Å². The summed E-state index contributed by atoms with van der Waals surface area (Å²) in [6.07, 6.45) is 4.31. The number of rotatable bonds is 8. The Morgan fingerprint density at radius 2 is 1.80 bits per heavy atom. The van der Waals surface area contributed by atoms with Gasteiger partial charge in [-0.25, -0.2) is 9.97 Å². The first-order valence-electron chi connectivity index (χ1n) is 10.4. The van der Waals surface area contributed by atoms with E-state index in [1.165, 1.54) is 0 Å². The van der Waals surface area contributed by atoms with Crippen LogP contribution in [0, 0.1) is 3.57 Å². The third-order valence-corrected chi connectivity index (χ3v) is 6.18. The predicted octanol–water partition coefficient (Wildman–Crippen LogP) is 5.78. The molecule has 154 valence electrons. The van der Waals surface area contributed by atoms with Crippen LogP contribution in [0.3, 0.4) is 0 Å². The van der Waals surface area contributed by atoms with Crippen LogP contribution in [0.15, 0.2) is 48.5 Å². The topological polar surface area (TPSA) is 73.8 Å². The average molecular weight is 512 g/mol. The molecule has 0 spiro atoms. The van der Waals surface area contributed by atoms with E-state index in [-0.39, 0.29) is 5.78 Å². The summed E-state index contributed by atoms with van der Waals surface area (Å²) in [6, 6.07) is 15.9. The SMILES string of the molecule is CCc1nc2c(N)nc3ccccc3c2n1CCCCCC(=O)c1ccc(I)cc1. The van der Waals surface area contributed by atoms with Crippen LogP contribution in [-0.2, 0) is 13.0 Å². The van der Waals surface area contributed by atoms with E-state index in [2.05, 4.69) is 45.1 Å². The van der Waals surface area contributed by atoms with Gasteiger partial charge in [0.15, 0.2) is 11.6 Å². The van der Waals surface area contributed by atoms with E-state index in [0.29, 0.717) is 12.2 Å². The van der Waals surface area contributed by atoms with Crippen LogP contribution in [0.4, 0.5) is 5.82 Å². The van der Waals surface area contributed by atoms with E-state index in [9.17, 15) is 4.79 Å². The third kappa shape index (κ3) is 4.19. The van der Waals surface area contributed by atoms with Crippen LogP contribution in [0.2, 0.25) is 0 Å². The molecule has 0 bridgehead atoms. The number of hydrogen-bond donors (Lipinski definition) is 1. The van der Waals surface area contributed by atoms with Crippen molar-refractivity contribution in [2.45, 2.75) is 45.6 Å². The number of nitrogen functional groups attached to an aromatic ring is 1. The Balaban J connectivity index is 1.46. The molecule has 5 nitrogen and oxygen atoms in total. The lowest BCUT2D eigenvalue weighted by Gasteiger charge is -2.10. The Bertz CT molecular complexity index is 1200. The van der Waals surface area contributed by atoms with Crippen molar-refractivity contribution >= 4 is 56.1 Å². The third-order valence-electron chi connectivity index (χ3n) is 5.46. The number of aryl methyl sites for hydroxylation is 2. The number of halogens is 1. The number of imidazole rings is 1. The number of nitrogens with two attached hydrogens (primary N) is 1. The number of ketones is 1. The number of hydrogen-bond acceptors (Lipinski definition) is 4. The molecule has 30 heavy (non-hydrogen) atoms. The van der Waals surface area contributed by atoms with Crippen molar-refractivity contribution < 1.29 is 4.79 Å². The molecule has 0 amide bonds. The summed E-state index contributed by atoms with van der Waals surface area (Å²) in [7, 11) is 0. The van der Waals surface area contributed by atoms with Crippen LogP contribution in [-0.4, -0.2) is 20.3 Å². The maximum Gasteiger partial charge on any atom is 0.162 e. The van der Waals surface area contributed by atoms with Crippen molar-refractivity contribution in [1.29, 1.82) is 0 Å². The minimum atomic E-state index is 0.221. The number of unbranched alkanes of at least 4 members (excludes halogenated alkanes) is 2. The van der Waals surface area contributed by atoms with Gasteiger partial charge < -0.3 is 10.3 Å². The molecule has 0 aliphatic rings. The van der Waals surface area contributed by atoms with E-state index in [4.69, 9.17) is 10.7 Å². The van der Waals surface area contributed by atoms with Crippen molar-refractivity contribution in [2.24, 2.45) is 0 Å². The van der Waals surface area contributed by atoms with Crippen LogP contribution in [0.25, 0.3) is 21.9 Å². The second kappa shape index (κ2) is 9.12. The lowest BCUT2D eigenvalue weighted by Crippen LogP contribution is -2.04. The fraction of sp³-hybridized carbons (Fsp3) is 0.292. The van der Waals surface area contributed by atoms with Gasteiger partial charge in [-0.1, -0.05) is 43.7 Å². The highest BCUT2D eigenvalue weighted by molar-refractivity contribution is 14.1. The first-order chi connectivity index (χ1) is 14.6. The Kier molecular flexibility index (Phi) is 6.32. The molecular formula is C24H25IN4O. The standard InChI is InChI=1S/C24H25IN4O/c1-2-21-28-22-23(18-8-5-6-9-19(18)27-24(22)26)29(21)15-7-3-4-10-20(30)16-11-13-17(25)14-12-16/h5-6,8-9,11-14H,2-4,7,10,15H2,1H3,(H2,26,27). The molecule has 4 rings (SSSR count). The minimum Gasteiger partial charge on any atom is -0.382 e. The van der Waals surface area contributed by atoms with Gasteiger partial charge in [-0.2, -0.15) is 0 Å². The fourth-order valence-corrected chi connectivity index (χ4v) is 4.29. The molecule has 0 unspecified atom stereocenters. The second-order valence-corrected chi connectivity index (χ2v) is 8.73. The van der Waals surface area contributed by atoms with E-state index in [1.807, 2.05) is 42.5 Å². The Hall–Kier alpha value is -2.48. The molecule has 0 saturated heterocycles. The maximum atomic E-state index is 12.4. The monoisotopic (exact) mass is 512 g/mol. The smallest absolute Gasteiger partial charge is 0.162 e. The Labute approximate surface area is 189 Å². The molecule has 2 heterocycles. The van der Waals surface area contributed by atoms with Gasteiger partial charge in [0.1, 0.15) is 11.3 Å². The van der Waals surface area contributed by atoms with E-state index >= 15 is 0 Å². The minimum absolute atomic E-state index is 0.221. The van der Waals surface area contributed by atoms with E-state index < -0.39 is 0 Å². The summed E-state index contributed by atoms with van der Waals surface area (Å²) in [5.41, 5.74) is 9.78. The molecule has 0 radical (unpaired) electrons. The van der Waals surface area contributed by atoms with Gasteiger partial charge in [-0.3, -0.25) is 4.79 Å². The van der Waals surface area contributed by atoms with Gasteiger partial charge in [0.2, 0.25) is 0 Å². The predicted molar refractivity (Wildman–Crippen MR) is 131 cm³/mol. The second-order valence-electron chi connectivity index (χ2n) is 7.49. The van der Waals surface area contributed by atoms with Gasteiger partial charge in [-0.05, 0) is 53.6 Å². The van der Waals surface area contributed by atoms with Gasteiger partial charge in [0, 0.05) is 33.9 Å². The Morgan fingerprint density at radius 3 is 2.57 bits per heavy atom. The number of fused-ring (bicyclic) bond motifs is 3. The van der Waals surface area contributed by atoms with Gasteiger partial charge in [0.25, 0.3) is 0 Å². The number of para-hydroxylation sites is 1. The van der Waals surface area contributed by atoms with Crippen LogP contribution >= 0.6 is 22.6 Å². The summed E-state index contributed by atoms with van der Waals surface area (Å²) in [4.78, 5) is 21.7. The molecule has 4 aromatic rings. The molecule has 2 aromatic heterocycles. The molecule has 0 aliphatic heterocycles. The van der Waals surface area contributed by atoms with Crippen LogP contribution in [0.1, 0.15) is 48.8 Å². The lowest BCUT2D eigenvalue weighted by molar-refractivity contribution is 0.0979. The molecule has 0 fully saturated rings. The van der Waals surface area contributed by atoms with Crippen molar-refractivity contribution in [3.63, 3.8) is 0 Å². The molecule has 0 saturated carbocycles. The van der Waals surface area contributed by atoms with Gasteiger partial charge in [-0.15, -0.1) is 0 Å². The zero-order chi connectivity index (χ0) is 21.1. The Morgan fingerprint density at radius 1 is 1.03 bits per heavy atom. The highest BCUT2D eigenvalue weighted by atomic mass is 127. The van der Waals surface area contributed by atoms with Gasteiger partial charge in [0.05, 0.1) is 11.0 Å². The highest BCUT2D eigenvalue weighted by Gasteiger charge is 2.16. The van der Waals surface area contributed by atoms with Crippen molar-refractivity contribution in [1.82, 2.24) is 14.5 Å². The molecule has 6 heteroatoms. The summed E-state index contributed by atoms with van der Waals surface area (Å²) in [5, 5.41) is 1.09. The first-order valence-corrected chi connectivity index (χ1v) is 11.5. The van der Waals surface area contributed by atoms with Crippen molar-refractivity contribution in [3.05, 3.63) is 63.5 Å². The molecule has 0 aliphatic carbocycles. The number of anilines is 1. The zero-order valence-corrected chi connectivity index (χ0v) is 19.2. The summed E-state index contributed by atoms with van der Waals surface area (Å²) in [5.74, 6) is 1.74. The first kappa shape index (κ1) is 20.8. The number of pyridine rings is 1. The molecule has 2 N–H and O–H groups in total.